The number of fused-ring (bicyclic) bond motifs is 1. The minimum Gasteiger partial charge on any atom is -0.411 e. The van der Waals surface area contributed by atoms with Crippen LogP contribution in [0.2, 0.25) is 0 Å². The van der Waals surface area contributed by atoms with Gasteiger partial charge >= 0.3 is 7.60 Å². The molecule has 0 unspecified atom stereocenters. The van der Waals surface area contributed by atoms with Gasteiger partial charge in [0, 0.05) is 6.42 Å². The number of ether oxygens (including phenoxy) is 1. The van der Waals surface area contributed by atoms with Crippen molar-refractivity contribution in [2.75, 3.05) is 25.3 Å². The third-order valence-corrected chi connectivity index (χ3v) is 2.77. The Bertz CT molecular complexity index is 626. The van der Waals surface area contributed by atoms with Crippen LogP contribution in [0.15, 0.2) is 12.7 Å². The highest BCUT2D eigenvalue weighted by Crippen LogP contribution is 2.33. The van der Waals surface area contributed by atoms with Gasteiger partial charge in [-0.2, -0.15) is 4.73 Å². The average Bonchev–Trinajstić information content (AvgIpc) is 2.77. The predicted octanol–water partition coefficient (Wildman–Crippen LogP) is -0.621. The minimum atomic E-state index is -4.11. The molecule has 0 saturated heterocycles. The first kappa shape index (κ1) is 14.7. The van der Waals surface area contributed by atoms with Crippen molar-refractivity contribution < 1.29 is 23.9 Å². The minimum absolute atomic E-state index is 0.175. The monoisotopic (exact) mass is 303 g/mol. The lowest BCUT2D eigenvalue weighted by atomic mass is 10.5. The van der Waals surface area contributed by atoms with Gasteiger partial charge in [0.2, 0.25) is 5.65 Å². The highest BCUT2D eigenvalue weighted by Gasteiger charge is 2.12. The van der Waals surface area contributed by atoms with Crippen LogP contribution in [-0.4, -0.2) is 49.0 Å². The van der Waals surface area contributed by atoms with Crippen LogP contribution in [0.4, 0.5) is 5.82 Å². The number of aromatic nitrogens is 4. The fraction of sp³-hybridized carbons (Fsp3) is 0.444. The van der Waals surface area contributed by atoms with Crippen LogP contribution in [0.3, 0.4) is 0 Å². The van der Waals surface area contributed by atoms with E-state index in [-0.39, 0.29) is 19.0 Å². The fourth-order valence-electron chi connectivity index (χ4n) is 1.43. The van der Waals surface area contributed by atoms with E-state index in [4.69, 9.17) is 25.1 Å². The summed E-state index contributed by atoms with van der Waals surface area (Å²) in [6.45, 7) is 0.450. The topological polar surface area (TPSA) is 146 Å². The van der Waals surface area contributed by atoms with Gasteiger partial charge in [-0.1, -0.05) is 0 Å². The number of nitrogens with zero attached hydrogens (tertiary/aromatic N) is 4. The van der Waals surface area contributed by atoms with Crippen LogP contribution in [0.25, 0.3) is 11.2 Å². The number of rotatable bonds is 7. The van der Waals surface area contributed by atoms with Crippen molar-refractivity contribution in [2.45, 2.75) is 6.42 Å². The molecule has 2 aromatic heterocycles. The SMILES string of the molecule is Nc1ncnc2c1ncn2OCCCOCP(=O)(O)O. The second kappa shape index (κ2) is 6.14. The van der Waals surface area contributed by atoms with E-state index in [1.807, 2.05) is 0 Å². The molecule has 0 bridgehead atoms. The second-order valence-electron chi connectivity index (χ2n) is 3.89. The first-order chi connectivity index (χ1) is 9.47. The van der Waals surface area contributed by atoms with Gasteiger partial charge in [-0.3, -0.25) is 4.57 Å². The summed E-state index contributed by atoms with van der Waals surface area (Å²) < 4.78 is 16.7. The lowest BCUT2D eigenvalue weighted by Gasteiger charge is -2.07. The Balaban J connectivity index is 1.79. The van der Waals surface area contributed by atoms with Crippen LogP contribution in [0, 0.1) is 0 Å². The summed E-state index contributed by atoms with van der Waals surface area (Å²) >= 11 is 0. The average molecular weight is 303 g/mol. The van der Waals surface area contributed by atoms with Gasteiger partial charge in [0.25, 0.3) is 0 Å². The maximum Gasteiger partial charge on any atom is 0.350 e. The first-order valence-electron chi connectivity index (χ1n) is 5.66. The van der Waals surface area contributed by atoms with Crippen molar-refractivity contribution in [2.24, 2.45) is 0 Å². The Morgan fingerprint density at radius 2 is 2.10 bits per heavy atom. The van der Waals surface area contributed by atoms with Gasteiger partial charge in [-0.15, -0.1) is 0 Å². The largest absolute Gasteiger partial charge is 0.411 e. The van der Waals surface area contributed by atoms with Gasteiger partial charge in [-0.25, -0.2) is 15.0 Å². The summed E-state index contributed by atoms with van der Waals surface area (Å²) in [6.07, 6.45) is 2.60. The molecule has 0 amide bonds. The molecule has 20 heavy (non-hydrogen) atoms. The molecule has 4 N–H and O–H groups in total. The predicted molar refractivity (Wildman–Crippen MR) is 68.7 cm³/mol. The van der Waals surface area contributed by atoms with Gasteiger partial charge in [0.1, 0.15) is 25.6 Å². The van der Waals surface area contributed by atoms with E-state index in [0.717, 1.165) is 0 Å². The number of imidazole rings is 1. The lowest BCUT2D eigenvalue weighted by Crippen LogP contribution is -2.14. The van der Waals surface area contributed by atoms with E-state index in [1.165, 1.54) is 17.4 Å². The molecule has 2 aromatic rings. The Hall–Kier alpha value is -1.74. The van der Waals surface area contributed by atoms with Crippen molar-refractivity contribution in [3.63, 3.8) is 0 Å². The first-order valence-corrected chi connectivity index (χ1v) is 7.46. The summed E-state index contributed by atoms with van der Waals surface area (Å²) in [5.74, 6) is 0.266. The third kappa shape index (κ3) is 3.87. The van der Waals surface area contributed by atoms with E-state index in [0.29, 0.717) is 17.6 Å². The molecule has 11 heteroatoms. The summed E-state index contributed by atoms with van der Waals surface area (Å²) in [7, 11) is -4.11. The van der Waals surface area contributed by atoms with Crippen molar-refractivity contribution in [1.82, 2.24) is 19.7 Å². The van der Waals surface area contributed by atoms with Crippen molar-refractivity contribution in [3.05, 3.63) is 12.7 Å². The molecule has 0 aliphatic carbocycles. The van der Waals surface area contributed by atoms with E-state index < -0.39 is 13.9 Å². The van der Waals surface area contributed by atoms with Crippen LogP contribution >= 0.6 is 7.60 Å². The summed E-state index contributed by atoms with van der Waals surface area (Å²) in [6, 6.07) is 0. The highest BCUT2D eigenvalue weighted by atomic mass is 31.2. The molecule has 0 atom stereocenters. The maximum atomic E-state index is 10.5. The number of anilines is 1. The zero-order valence-corrected chi connectivity index (χ0v) is 11.3. The molecular formula is C9H14N5O5P. The van der Waals surface area contributed by atoms with E-state index >= 15 is 0 Å². The van der Waals surface area contributed by atoms with Gasteiger partial charge in [0.15, 0.2) is 11.3 Å². The fourth-order valence-corrected chi connectivity index (χ4v) is 1.80. The summed E-state index contributed by atoms with van der Waals surface area (Å²) in [5.41, 5.74) is 6.53. The molecule has 0 fully saturated rings. The van der Waals surface area contributed by atoms with Crippen LogP contribution in [-0.2, 0) is 9.30 Å². The zero-order valence-electron chi connectivity index (χ0n) is 10.4. The lowest BCUT2D eigenvalue weighted by molar-refractivity contribution is 0.0842. The Labute approximate surface area is 113 Å². The van der Waals surface area contributed by atoms with Crippen molar-refractivity contribution in [3.8, 4) is 0 Å². The number of nitrogens with two attached hydrogens (primary N) is 1. The smallest absolute Gasteiger partial charge is 0.350 e. The highest BCUT2D eigenvalue weighted by molar-refractivity contribution is 7.51. The maximum absolute atomic E-state index is 10.5. The molecule has 10 nitrogen and oxygen atoms in total. The van der Waals surface area contributed by atoms with Crippen LogP contribution in [0.1, 0.15) is 6.42 Å². The summed E-state index contributed by atoms with van der Waals surface area (Å²) in [5, 5.41) is 0. The molecule has 0 radical (unpaired) electrons. The third-order valence-electron chi connectivity index (χ3n) is 2.25. The second-order valence-corrected chi connectivity index (χ2v) is 5.48. The standard InChI is InChI=1S/C9H14N5O5P/c10-8-7-9(12-4-11-8)14(5-13-7)19-3-1-2-18-6-20(15,16)17/h4-5H,1-3,6H2,(H2,10,11,12)(H2,15,16,17). The number of hydrogen-bond acceptors (Lipinski definition) is 7. The van der Waals surface area contributed by atoms with Crippen LogP contribution in [0.5, 0.6) is 0 Å². The molecular weight excluding hydrogens is 289 g/mol. The van der Waals surface area contributed by atoms with Crippen molar-refractivity contribution in [1.29, 1.82) is 0 Å². The Morgan fingerprint density at radius 1 is 1.30 bits per heavy atom. The normalized spacial score (nSPS) is 11.9. The van der Waals surface area contributed by atoms with Gasteiger partial charge < -0.3 is 25.1 Å². The van der Waals surface area contributed by atoms with Gasteiger partial charge in [0.05, 0.1) is 6.61 Å². The molecule has 0 spiro atoms. The molecule has 0 aliphatic rings. The molecule has 110 valence electrons. The zero-order chi connectivity index (χ0) is 14.6. The summed E-state index contributed by atoms with van der Waals surface area (Å²) in [4.78, 5) is 34.4. The Morgan fingerprint density at radius 3 is 2.85 bits per heavy atom. The molecule has 2 rings (SSSR count). The quantitative estimate of drug-likeness (QED) is 0.449. The molecule has 0 saturated carbocycles. The number of hydrogen-bond donors (Lipinski definition) is 3. The Kier molecular flexibility index (Phi) is 4.50. The molecule has 2 heterocycles. The number of nitrogen functional groups attached to an aromatic ring is 1. The van der Waals surface area contributed by atoms with Crippen molar-refractivity contribution >= 4 is 24.6 Å². The van der Waals surface area contributed by atoms with E-state index in [2.05, 4.69) is 15.0 Å². The molecule has 0 aliphatic heterocycles. The van der Waals surface area contributed by atoms with E-state index in [1.54, 1.807) is 0 Å². The van der Waals surface area contributed by atoms with E-state index in [9.17, 15) is 4.57 Å². The van der Waals surface area contributed by atoms with Gasteiger partial charge in [-0.05, 0) is 0 Å². The van der Waals surface area contributed by atoms with Crippen LogP contribution < -0.4 is 10.6 Å². The molecule has 0 aromatic carbocycles.